The molecule has 0 heterocycles. The van der Waals surface area contributed by atoms with E-state index in [0.717, 1.165) is 0 Å². The lowest BCUT2D eigenvalue weighted by molar-refractivity contribution is -0.150. The molecule has 1 rings (SSSR count). The first kappa shape index (κ1) is 13.7. The third-order valence-electron chi connectivity index (χ3n) is 3.06. The minimum absolute atomic E-state index is 0.166. The Balaban J connectivity index is 2.73. The molecule has 0 fully saturated rings. The molecule has 0 saturated heterocycles. The summed E-state index contributed by atoms with van der Waals surface area (Å²) in [5, 5.41) is 0. The number of aryl methyl sites for hydroxylation is 1. The van der Waals surface area contributed by atoms with Crippen LogP contribution in [0.2, 0.25) is 0 Å². The standard InChI is InChI=1S/C14H21NO2/c1-9-7-5-6-8-13(9)10(2)12(4)17-14(16)11(3)15/h5-8,10-12H,15H2,1-4H3/t10-,11-,12-/m1/s1. The molecule has 0 spiro atoms. The van der Waals surface area contributed by atoms with Gasteiger partial charge in [-0.15, -0.1) is 0 Å². The van der Waals surface area contributed by atoms with E-state index in [1.54, 1.807) is 6.92 Å². The van der Waals surface area contributed by atoms with Gasteiger partial charge in [-0.25, -0.2) is 0 Å². The summed E-state index contributed by atoms with van der Waals surface area (Å²) in [7, 11) is 0. The molecule has 0 aromatic heterocycles. The minimum atomic E-state index is -0.568. The first-order valence-corrected chi connectivity index (χ1v) is 5.95. The van der Waals surface area contributed by atoms with Crippen LogP contribution in [0.25, 0.3) is 0 Å². The van der Waals surface area contributed by atoms with Crippen molar-refractivity contribution in [2.24, 2.45) is 5.73 Å². The largest absolute Gasteiger partial charge is 0.461 e. The highest BCUT2D eigenvalue weighted by Gasteiger charge is 2.21. The molecule has 0 aliphatic carbocycles. The molecule has 0 aliphatic rings. The average molecular weight is 235 g/mol. The second kappa shape index (κ2) is 5.82. The summed E-state index contributed by atoms with van der Waals surface area (Å²) < 4.78 is 5.32. The molecule has 17 heavy (non-hydrogen) atoms. The SMILES string of the molecule is Cc1ccccc1[C@H](C)[C@@H](C)OC(=O)[C@@H](C)N. The van der Waals surface area contributed by atoms with Crippen molar-refractivity contribution in [3.05, 3.63) is 35.4 Å². The van der Waals surface area contributed by atoms with Crippen molar-refractivity contribution in [1.29, 1.82) is 0 Å². The molecular weight excluding hydrogens is 214 g/mol. The Morgan fingerprint density at radius 2 is 1.82 bits per heavy atom. The molecular formula is C14H21NO2. The zero-order valence-electron chi connectivity index (χ0n) is 10.9. The first-order chi connectivity index (χ1) is 7.93. The van der Waals surface area contributed by atoms with Crippen LogP contribution in [0.1, 0.15) is 37.8 Å². The maximum Gasteiger partial charge on any atom is 0.322 e. The molecule has 1 aromatic rings. The molecule has 1 aromatic carbocycles. The second-order valence-corrected chi connectivity index (χ2v) is 4.58. The third-order valence-corrected chi connectivity index (χ3v) is 3.06. The van der Waals surface area contributed by atoms with Crippen LogP contribution in [0, 0.1) is 6.92 Å². The Morgan fingerprint density at radius 1 is 1.24 bits per heavy atom. The van der Waals surface area contributed by atoms with Gasteiger partial charge in [0.2, 0.25) is 0 Å². The van der Waals surface area contributed by atoms with Crippen molar-refractivity contribution in [3.63, 3.8) is 0 Å². The molecule has 0 unspecified atom stereocenters. The van der Waals surface area contributed by atoms with Crippen molar-refractivity contribution in [2.75, 3.05) is 0 Å². The van der Waals surface area contributed by atoms with Gasteiger partial charge < -0.3 is 10.5 Å². The van der Waals surface area contributed by atoms with E-state index < -0.39 is 6.04 Å². The highest BCUT2D eigenvalue weighted by molar-refractivity contribution is 5.75. The molecule has 0 bridgehead atoms. The highest BCUT2D eigenvalue weighted by atomic mass is 16.5. The van der Waals surface area contributed by atoms with E-state index in [1.165, 1.54) is 11.1 Å². The molecule has 94 valence electrons. The zero-order chi connectivity index (χ0) is 13.0. The normalized spacial score (nSPS) is 16.1. The summed E-state index contributed by atoms with van der Waals surface area (Å²) in [5.74, 6) is -0.183. The summed E-state index contributed by atoms with van der Waals surface area (Å²) in [6.45, 7) is 7.65. The Kier molecular flexibility index (Phi) is 4.70. The van der Waals surface area contributed by atoms with Gasteiger partial charge in [-0.3, -0.25) is 4.79 Å². The number of hydrogen-bond donors (Lipinski definition) is 1. The lowest BCUT2D eigenvalue weighted by atomic mass is 9.92. The van der Waals surface area contributed by atoms with Crippen LogP contribution < -0.4 is 5.73 Å². The van der Waals surface area contributed by atoms with Gasteiger partial charge >= 0.3 is 5.97 Å². The van der Waals surface area contributed by atoms with Crippen molar-refractivity contribution in [3.8, 4) is 0 Å². The van der Waals surface area contributed by atoms with Crippen LogP contribution in [0.3, 0.4) is 0 Å². The number of nitrogens with two attached hydrogens (primary N) is 1. The van der Waals surface area contributed by atoms with E-state index in [-0.39, 0.29) is 18.0 Å². The molecule has 0 saturated carbocycles. The van der Waals surface area contributed by atoms with Gasteiger partial charge in [0.1, 0.15) is 12.1 Å². The fraction of sp³-hybridized carbons (Fsp3) is 0.500. The summed E-state index contributed by atoms with van der Waals surface area (Å²) in [4.78, 5) is 11.4. The van der Waals surface area contributed by atoms with Crippen molar-refractivity contribution in [2.45, 2.75) is 45.8 Å². The van der Waals surface area contributed by atoms with Crippen molar-refractivity contribution >= 4 is 5.97 Å². The van der Waals surface area contributed by atoms with E-state index >= 15 is 0 Å². The lowest BCUT2D eigenvalue weighted by Gasteiger charge is -2.23. The predicted molar refractivity (Wildman–Crippen MR) is 68.8 cm³/mol. The number of carbonyl (C=O) groups excluding carboxylic acids is 1. The van der Waals surface area contributed by atoms with Gasteiger partial charge in [0.05, 0.1) is 0 Å². The van der Waals surface area contributed by atoms with Gasteiger partial charge in [0.25, 0.3) is 0 Å². The van der Waals surface area contributed by atoms with Crippen LogP contribution in [0.4, 0.5) is 0 Å². The molecule has 3 heteroatoms. The average Bonchev–Trinajstić information content (AvgIpc) is 2.28. The lowest BCUT2D eigenvalue weighted by Crippen LogP contribution is -2.33. The van der Waals surface area contributed by atoms with Crippen LogP contribution in [-0.2, 0) is 9.53 Å². The monoisotopic (exact) mass is 235 g/mol. The van der Waals surface area contributed by atoms with Crippen molar-refractivity contribution in [1.82, 2.24) is 0 Å². The number of rotatable bonds is 4. The summed E-state index contributed by atoms with van der Waals surface area (Å²) in [5.41, 5.74) is 7.90. The predicted octanol–water partition coefficient (Wildman–Crippen LogP) is 2.38. The number of esters is 1. The molecule has 3 nitrogen and oxygen atoms in total. The van der Waals surface area contributed by atoms with Crippen LogP contribution >= 0.6 is 0 Å². The number of benzene rings is 1. The smallest absolute Gasteiger partial charge is 0.322 e. The minimum Gasteiger partial charge on any atom is -0.461 e. The summed E-state index contributed by atoms with van der Waals surface area (Å²) in [6.07, 6.45) is -0.172. The van der Waals surface area contributed by atoms with Gasteiger partial charge in [0, 0.05) is 5.92 Å². The zero-order valence-corrected chi connectivity index (χ0v) is 10.9. The Labute approximate surface area is 103 Å². The van der Waals surface area contributed by atoms with Crippen LogP contribution in [-0.4, -0.2) is 18.1 Å². The van der Waals surface area contributed by atoms with Gasteiger partial charge in [-0.05, 0) is 31.9 Å². The topological polar surface area (TPSA) is 52.3 Å². The Morgan fingerprint density at radius 3 is 2.35 bits per heavy atom. The Hall–Kier alpha value is -1.35. The fourth-order valence-corrected chi connectivity index (χ4v) is 1.74. The molecule has 0 radical (unpaired) electrons. The molecule has 2 N–H and O–H groups in total. The van der Waals surface area contributed by atoms with Crippen LogP contribution in [0.5, 0.6) is 0 Å². The van der Waals surface area contributed by atoms with Gasteiger partial charge in [-0.1, -0.05) is 31.2 Å². The summed E-state index contributed by atoms with van der Waals surface area (Å²) >= 11 is 0. The highest BCUT2D eigenvalue weighted by Crippen LogP contribution is 2.24. The summed E-state index contributed by atoms with van der Waals surface area (Å²) in [6, 6.07) is 7.56. The number of carbonyl (C=O) groups is 1. The molecule has 3 atom stereocenters. The van der Waals surface area contributed by atoms with E-state index in [2.05, 4.69) is 26.0 Å². The third kappa shape index (κ3) is 3.56. The van der Waals surface area contributed by atoms with E-state index in [1.807, 2.05) is 19.1 Å². The van der Waals surface area contributed by atoms with E-state index in [0.29, 0.717) is 0 Å². The number of ether oxygens (including phenoxy) is 1. The molecule has 0 amide bonds. The fourth-order valence-electron chi connectivity index (χ4n) is 1.74. The maximum atomic E-state index is 11.4. The van der Waals surface area contributed by atoms with Gasteiger partial charge in [0.15, 0.2) is 0 Å². The van der Waals surface area contributed by atoms with E-state index in [4.69, 9.17) is 10.5 Å². The van der Waals surface area contributed by atoms with Gasteiger partial charge in [-0.2, -0.15) is 0 Å². The number of hydrogen-bond acceptors (Lipinski definition) is 3. The maximum absolute atomic E-state index is 11.4. The van der Waals surface area contributed by atoms with Crippen LogP contribution in [0.15, 0.2) is 24.3 Å². The van der Waals surface area contributed by atoms with Crippen molar-refractivity contribution < 1.29 is 9.53 Å². The molecule has 0 aliphatic heterocycles. The Bertz CT molecular complexity index is 388. The quantitative estimate of drug-likeness (QED) is 0.815. The second-order valence-electron chi connectivity index (χ2n) is 4.58. The van der Waals surface area contributed by atoms with E-state index in [9.17, 15) is 4.79 Å². The first-order valence-electron chi connectivity index (χ1n) is 5.95.